The zero-order valence-electron chi connectivity index (χ0n) is 32.5. The Morgan fingerprint density at radius 2 is 1.32 bits per heavy atom. The van der Waals surface area contributed by atoms with Crippen molar-refractivity contribution in [2.75, 3.05) is 0 Å². The van der Waals surface area contributed by atoms with Crippen LogP contribution >= 0.6 is 0 Å². The van der Waals surface area contributed by atoms with Gasteiger partial charge in [-0.05, 0) is 106 Å². The van der Waals surface area contributed by atoms with Crippen LogP contribution in [0.1, 0.15) is 88.9 Å². The van der Waals surface area contributed by atoms with Crippen molar-refractivity contribution in [3.05, 3.63) is 261 Å². The topological polar surface area (TPSA) is 24.1 Å². The van der Waals surface area contributed by atoms with Gasteiger partial charge in [-0.3, -0.25) is 5.32 Å². The van der Waals surface area contributed by atoms with E-state index < -0.39 is 0 Å². The molecular weight excluding hydrogens is 689 g/mol. The smallest absolute Gasteiger partial charge is 0.104 e. The van der Waals surface area contributed by atoms with Gasteiger partial charge in [-0.25, -0.2) is 0 Å². The third-order valence-corrected chi connectivity index (χ3v) is 13.0. The molecule has 5 atom stereocenters. The molecule has 5 aromatic carbocycles. The summed E-state index contributed by atoms with van der Waals surface area (Å²) in [6.45, 7) is 0. The summed E-state index contributed by atoms with van der Waals surface area (Å²) < 4.78 is 0. The first-order valence-corrected chi connectivity index (χ1v) is 21.0. The number of benzene rings is 5. The minimum absolute atomic E-state index is 0.0493. The fourth-order valence-corrected chi connectivity index (χ4v) is 10.3. The molecule has 0 spiro atoms. The SMILES string of the molecule is C1=CCC(c2ccccc2)C(C2=CC(c3ccccc3)NC(C3=CC(c4cccc(C5(c6ccccc6)C6=C(C=CCC6)CCc6ccccc65)c4)CC=C3)N2)=C1. The lowest BCUT2D eigenvalue weighted by atomic mass is 9.61. The molecular formula is C55H50N2. The van der Waals surface area contributed by atoms with E-state index in [-0.39, 0.29) is 23.5 Å². The van der Waals surface area contributed by atoms with E-state index in [0.29, 0.717) is 5.92 Å². The Balaban J connectivity index is 1.05. The molecule has 5 aromatic rings. The molecule has 10 rings (SSSR count). The summed E-state index contributed by atoms with van der Waals surface area (Å²) in [5.41, 5.74) is 16.2. The number of rotatable bonds is 7. The number of nitrogens with one attached hydrogen (secondary N) is 2. The van der Waals surface area contributed by atoms with Crippen LogP contribution in [0.5, 0.6) is 0 Å². The molecule has 1 aliphatic heterocycles. The summed E-state index contributed by atoms with van der Waals surface area (Å²) in [6, 6.07) is 52.2. The van der Waals surface area contributed by atoms with Crippen molar-refractivity contribution in [2.45, 2.75) is 68.0 Å². The van der Waals surface area contributed by atoms with Crippen LogP contribution in [0, 0.1) is 0 Å². The molecule has 5 unspecified atom stereocenters. The molecule has 1 heterocycles. The number of hydrogen-bond donors (Lipinski definition) is 2. The summed E-state index contributed by atoms with van der Waals surface area (Å²) in [7, 11) is 0. The molecule has 0 aromatic heterocycles. The Bertz CT molecular complexity index is 2480. The standard InChI is InChI=1S/C55H50N2/c1-4-18-39(19-5-1)48-30-12-13-31-49(48)53-38-52(42-22-6-2-7-23-42)56-54(57-53)45-26-16-24-43(36-45)44-25-17-29-47(37-44)55(46-27-8-3-9-28-46)50-32-14-10-20-40(50)34-35-41-21-11-15-33-51(41)55/h1-14,16-23,25-29,31-32,36-38,43,48,52,54,56-57H,15,24,30,33-35H2. The van der Waals surface area contributed by atoms with E-state index in [9.17, 15) is 0 Å². The molecule has 0 saturated carbocycles. The summed E-state index contributed by atoms with van der Waals surface area (Å²) in [4.78, 5) is 0. The van der Waals surface area contributed by atoms with Crippen molar-refractivity contribution in [3.8, 4) is 0 Å². The third-order valence-electron chi connectivity index (χ3n) is 13.0. The van der Waals surface area contributed by atoms with Gasteiger partial charge in [0, 0.05) is 17.5 Å². The zero-order chi connectivity index (χ0) is 38.0. The van der Waals surface area contributed by atoms with Crippen molar-refractivity contribution in [1.29, 1.82) is 0 Å². The predicted molar refractivity (Wildman–Crippen MR) is 236 cm³/mol. The predicted octanol–water partition coefficient (Wildman–Crippen LogP) is 12.4. The van der Waals surface area contributed by atoms with E-state index in [0.717, 1.165) is 38.5 Å². The van der Waals surface area contributed by atoms with Crippen LogP contribution in [0.2, 0.25) is 0 Å². The number of allylic oxidation sites excluding steroid dienone is 10. The van der Waals surface area contributed by atoms with E-state index in [4.69, 9.17) is 0 Å². The summed E-state index contributed by atoms with van der Waals surface area (Å²) in [6.07, 6.45) is 27.6. The van der Waals surface area contributed by atoms with Crippen LogP contribution in [0.3, 0.4) is 0 Å². The van der Waals surface area contributed by atoms with Crippen molar-refractivity contribution in [3.63, 3.8) is 0 Å². The fraction of sp³-hybridized carbons (Fsp3) is 0.200. The van der Waals surface area contributed by atoms with E-state index in [1.807, 2.05) is 0 Å². The van der Waals surface area contributed by atoms with Crippen molar-refractivity contribution < 1.29 is 0 Å². The summed E-state index contributed by atoms with van der Waals surface area (Å²) in [5.74, 6) is 0.554. The number of hydrogen-bond acceptors (Lipinski definition) is 2. The van der Waals surface area contributed by atoms with E-state index >= 15 is 0 Å². The number of aryl methyl sites for hydroxylation is 1. The van der Waals surface area contributed by atoms with Crippen LogP contribution in [0.25, 0.3) is 0 Å². The highest BCUT2D eigenvalue weighted by Crippen LogP contribution is 2.53. The maximum absolute atomic E-state index is 4.02. The van der Waals surface area contributed by atoms with Gasteiger partial charge >= 0.3 is 0 Å². The van der Waals surface area contributed by atoms with Crippen molar-refractivity contribution >= 4 is 0 Å². The average molecular weight is 739 g/mol. The quantitative estimate of drug-likeness (QED) is 0.174. The van der Waals surface area contributed by atoms with Crippen LogP contribution in [0.15, 0.2) is 222 Å². The van der Waals surface area contributed by atoms with Gasteiger partial charge in [0.05, 0.1) is 11.5 Å². The Hall–Kier alpha value is -5.96. The van der Waals surface area contributed by atoms with Crippen LogP contribution in [-0.4, -0.2) is 6.17 Å². The lowest BCUT2D eigenvalue weighted by molar-refractivity contribution is 0.450. The number of fused-ring (bicyclic) bond motifs is 1. The summed E-state index contributed by atoms with van der Waals surface area (Å²) >= 11 is 0. The lowest BCUT2D eigenvalue weighted by Crippen LogP contribution is -2.48. The molecule has 57 heavy (non-hydrogen) atoms. The molecule has 0 amide bonds. The molecule has 0 radical (unpaired) electrons. The summed E-state index contributed by atoms with van der Waals surface area (Å²) in [5, 5.41) is 8.03. The maximum atomic E-state index is 4.02. The molecule has 0 bridgehead atoms. The van der Waals surface area contributed by atoms with Gasteiger partial charge in [-0.2, -0.15) is 0 Å². The van der Waals surface area contributed by atoms with Crippen molar-refractivity contribution in [2.24, 2.45) is 0 Å². The van der Waals surface area contributed by atoms with Gasteiger partial charge in [0.1, 0.15) is 6.17 Å². The van der Waals surface area contributed by atoms with Gasteiger partial charge in [0.2, 0.25) is 0 Å². The van der Waals surface area contributed by atoms with E-state index in [1.165, 1.54) is 61.4 Å². The lowest BCUT2D eigenvalue weighted by Gasteiger charge is -2.41. The molecule has 0 fully saturated rings. The first-order valence-electron chi connectivity index (χ1n) is 21.0. The minimum atomic E-state index is -0.353. The highest BCUT2D eigenvalue weighted by Gasteiger charge is 2.44. The Morgan fingerprint density at radius 3 is 2.16 bits per heavy atom. The molecule has 280 valence electrons. The average Bonchev–Trinajstić information content (AvgIpc) is 3.45. The molecule has 5 aliphatic rings. The van der Waals surface area contributed by atoms with E-state index in [2.05, 4.69) is 205 Å². The van der Waals surface area contributed by atoms with Crippen LogP contribution in [0.4, 0.5) is 0 Å². The van der Waals surface area contributed by atoms with Gasteiger partial charge < -0.3 is 5.32 Å². The normalized spacial score (nSPS) is 25.3. The van der Waals surface area contributed by atoms with Gasteiger partial charge in [-0.1, -0.05) is 188 Å². The molecule has 2 heteroatoms. The highest BCUT2D eigenvalue weighted by molar-refractivity contribution is 5.65. The van der Waals surface area contributed by atoms with Crippen LogP contribution in [-0.2, 0) is 11.8 Å². The second-order valence-corrected chi connectivity index (χ2v) is 16.2. The largest absolute Gasteiger partial charge is 0.366 e. The molecule has 2 nitrogen and oxygen atoms in total. The second-order valence-electron chi connectivity index (χ2n) is 16.2. The van der Waals surface area contributed by atoms with Gasteiger partial charge in [0.25, 0.3) is 0 Å². The highest BCUT2D eigenvalue weighted by atomic mass is 15.2. The molecule has 4 aliphatic carbocycles. The maximum Gasteiger partial charge on any atom is 0.104 e. The Kier molecular flexibility index (Phi) is 9.66. The molecule has 0 saturated heterocycles. The third kappa shape index (κ3) is 6.62. The Labute approximate surface area is 338 Å². The fourth-order valence-electron chi connectivity index (χ4n) is 10.3. The van der Waals surface area contributed by atoms with Crippen molar-refractivity contribution in [1.82, 2.24) is 10.6 Å². The van der Waals surface area contributed by atoms with E-state index in [1.54, 1.807) is 5.57 Å². The minimum Gasteiger partial charge on any atom is -0.366 e. The van der Waals surface area contributed by atoms with Gasteiger partial charge in [-0.15, -0.1) is 0 Å². The first kappa shape index (κ1) is 35.5. The second kappa shape index (κ2) is 15.5. The monoisotopic (exact) mass is 738 g/mol. The first-order chi connectivity index (χ1) is 28.3. The van der Waals surface area contributed by atoms with Gasteiger partial charge in [0.15, 0.2) is 0 Å². The Morgan fingerprint density at radius 1 is 0.579 bits per heavy atom. The van der Waals surface area contributed by atoms with Crippen LogP contribution < -0.4 is 10.6 Å². The zero-order valence-corrected chi connectivity index (χ0v) is 32.5. The molecule has 2 N–H and O–H groups in total.